The summed E-state index contributed by atoms with van der Waals surface area (Å²) in [7, 11) is 0. The maximum atomic E-state index is 12.8. The molecule has 0 aliphatic heterocycles. The minimum absolute atomic E-state index is 0. The van der Waals surface area contributed by atoms with Crippen LogP contribution in [0.3, 0.4) is 0 Å². The van der Waals surface area contributed by atoms with Gasteiger partial charge in [0.25, 0.3) is 5.91 Å². The lowest BCUT2D eigenvalue weighted by atomic mass is 10.2. The highest BCUT2D eigenvalue weighted by Crippen LogP contribution is 2.17. The van der Waals surface area contributed by atoms with Crippen LogP contribution < -0.4 is 5.32 Å². The molecule has 0 bridgehead atoms. The number of hydrogen-bond acceptors (Lipinski definition) is 3. The molecular weight excluding hydrogens is 319 g/mol. The van der Waals surface area contributed by atoms with E-state index in [1.54, 1.807) is 12.1 Å². The summed E-state index contributed by atoms with van der Waals surface area (Å²) in [4.78, 5) is 16.2. The standard InChI is InChI=1S/C17H13FN2O2.ClH/c18-14-8-6-12(7-9-14)10-19-16(21)15-11-22-17(20-15)13-4-2-1-3-5-13;/h1-9,11H,10H2,(H,19,21);1H. The van der Waals surface area contributed by atoms with E-state index in [1.807, 2.05) is 30.3 Å². The summed E-state index contributed by atoms with van der Waals surface area (Å²) in [5.41, 5.74) is 1.82. The van der Waals surface area contributed by atoms with E-state index >= 15 is 0 Å². The topological polar surface area (TPSA) is 55.1 Å². The zero-order valence-corrected chi connectivity index (χ0v) is 12.8. The van der Waals surface area contributed by atoms with Gasteiger partial charge in [0.05, 0.1) is 0 Å². The fourth-order valence-corrected chi connectivity index (χ4v) is 1.97. The fraction of sp³-hybridized carbons (Fsp3) is 0.0588. The van der Waals surface area contributed by atoms with Gasteiger partial charge in [-0.2, -0.15) is 0 Å². The molecule has 6 heteroatoms. The Hall–Kier alpha value is -2.66. The maximum Gasteiger partial charge on any atom is 0.273 e. The van der Waals surface area contributed by atoms with Gasteiger partial charge in [-0.15, -0.1) is 12.4 Å². The van der Waals surface area contributed by atoms with Crippen LogP contribution in [0.4, 0.5) is 4.39 Å². The Morgan fingerprint density at radius 3 is 2.48 bits per heavy atom. The molecule has 1 amide bonds. The normalized spacial score (nSPS) is 9.96. The molecule has 0 saturated heterocycles. The highest BCUT2D eigenvalue weighted by atomic mass is 35.5. The van der Waals surface area contributed by atoms with E-state index in [1.165, 1.54) is 18.4 Å². The van der Waals surface area contributed by atoms with Crippen LogP contribution in [0.15, 0.2) is 65.3 Å². The highest BCUT2D eigenvalue weighted by Gasteiger charge is 2.12. The zero-order chi connectivity index (χ0) is 15.4. The third-order valence-corrected chi connectivity index (χ3v) is 3.12. The molecule has 0 saturated carbocycles. The molecule has 1 heterocycles. The Morgan fingerprint density at radius 1 is 1.09 bits per heavy atom. The average molecular weight is 333 g/mol. The SMILES string of the molecule is Cl.O=C(NCc1ccc(F)cc1)c1coc(-c2ccccc2)n1. The lowest BCUT2D eigenvalue weighted by molar-refractivity contribution is 0.0946. The van der Waals surface area contributed by atoms with Gasteiger partial charge in [0.1, 0.15) is 12.1 Å². The predicted octanol–water partition coefficient (Wildman–Crippen LogP) is 3.83. The molecule has 1 aromatic heterocycles. The quantitative estimate of drug-likeness (QED) is 0.790. The average Bonchev–Trinajstić information content (AvgIpc) is 3.05. The van der Waals surface area contributed by atoms with Gasteiger partial charge in [-0.3, -0.25) is 4.79 Å². The molecule has 0 fully saturated rings. The van der Waals surface area contributed by atoms with Crippen LogP contribution in [0.5, 0.6) is 0 Å². The molecule has 0 aliphatic rings. The number of amides is 1. The molecule has 0 unspecified atom stereocenters. The Labute approximate surface area is 138 Å². The summed E-state index contributed by atoms with van der Waals surface area (Å²) in [5, 5.41) is 2.72. The van der Waals surface area contributed by atoms with Crippen LogP contribution in [0, 0.1) is 5.82 Å². The molecule has 2 aromatic carbocycles. The van der Waals surface area contributed by atoms with Crippen LogP contribution in [-0.2, 0) is 6.54 Å². The number of halogens is 2. The van der Waals surface area contributed by atoms with E-state index in [0.717, 1.165) is 11.1 Å². The van der Waals surface area contributed by atoms with Gasteiger partial charge in [-0.1, -0.05) is 30.3 Å². The van der Waals surface area contributed by atoms with Crippen molar-refractivity contribution in [1.29, 1.82) is 0 Å². The first-order chi connectivity index (χ1) is 10.7. The van der Waals surface area contributed by atoms with Crippen LogP contribution >= 0.6 is 12.4 Å². The molecule has 3 rings (SSSR count). The summed E-state index contributed by atoms with van der Waals surface area (Å²) < 4.78 is 18.1. The van der Waals surface area contributed by atoms with Crippen molar-refractivity contribution in [2.24, 2.45) is 0 Å². The van der Waals surface area contributed by atoms with Crippen molar-refractivity contribution in [1.82, 2.24) is 10.3 Å². The minimum atomic E-state index is -0.338. The van der Waals surface area contributed by atoms with Gasteiger partial charge in [-0.25, -0.2) is 9.37 Å². The molecule has 3 aromatic rings. The van der Waals surface area contributed by atoms with Gasteiger partial charge < -0.3 is 9.73 Å². The molecule has 0 radical (unpaired) electrons. The Balaban J connectivity index is 0.00000192. The molecule has 118 valence electrons. The number of benzene rings is 2. The van der Waals surface area contributed by atoms with Crippen molar-refractivity contribution in [3.63, 3.8) is 0 Å². The molecule has 0 aliphatic carbocycles. The van der Waals surface area contributed by atoms with E-state index in [4.69, 9.17) is 4.42 Å². The number of hydrogen-bond donors (Lipinski definition) is 1. The number of aromatic nitrogens is 1. The smallest absolute Gasteiger partial charge is 0.273 e. The molecule has 0 spiro atoms. The van der Waals surface area contributed by atoms with Gasteiger partial charge in [0.2, 0.25) is 5.89 Å². The molecule has 1 N–H and O–H groups in total. The lowest BCUT2D eigenvalue weighted by Gasteiger charge is -2.02. The number of carbonyl (C=O) groups excluding carboxylic acids is 1. The number of carbonyl (C=O) groups is 1. The first-order valence-electron chi connectivity index (χ1n) is 6.76. The zero-order valence-electron chi connectivity index (χ0n) is 12.0. The summed E-state index contributed by atoms with van der Waals surface area (Å²) >= 11 is 0. The summed E-state index contributed by atoms with van der Waals surface area (Å²) in [6, 6.07) is 15.3. The number of nitrogens with zero attached hydrogens (tertiary/aromatic N) is 1. The summed E-state index contributed by atoms with van der Waals surface area (Å²) in [5.74, 6) is -0.248. The summed E-state index contributed by atoms with van der Waals surface area (Å²) in [6.45, 7) is 0.298. The minimum Gasteiger partial charge on any atom is -0.444 e. The third-order valence-electron chi connectivity index (χ3n) is 3.12. The molecule has 23 heavy (non-hydrogen) atoms. The van der Waals surface area contributed by atoms with Gasteiger partial charge in [-0.05, 0) is 29.8 Å². The van der Waals surface area contributed by atoms with E-state index in [9.17, 15) is 9.18 Å². The van der Waals surface area contributed by atoms with E-state index in [2.05, 4.69) is 10.3 Å². The Kier molecular flexibility index (Phi) is 5.49. The Bertz CT molecular complexity index is 773. The first kappa shape index (κ1) is 16.7. The van der Waals surface area contributed by atoms with Gasteiger partial charge in [0.15, 0.2) is 5.69 Å². The van der Waals surface area contributed by atoms with Crippen molar-refractivity contribution in [3.8, 4) is 11.5 Å². The second-order valence-electron chi connectivity index (χ2n) is 4.71. The largest absolute Gasteiger partial charge is 0.444 e. The van der Waals surface area contributed by atoms with E-state index in [0.29, 0.717) is 12.4 Å². The second-order valence-corrected chi connectivity index (χ2v) is 4.71. The van der Waals surface area contributed by atoms with Crippen LogP contribution in [-0.4, -0.2) is 10.9 Å². The molecule has 4 nitrogen and oxygen atoms in total. The van der Waals surface area contributed by atoms with Crippen LogP contribution in [0.1, 0.15) is 16.1 Å². The lowest BCUT2D eigenvalue weighted by Crippen LogP contribution is -2.23. The van der Waals surface area contributed by atoms with Crippen molar-refractivity contribution in [2.75, 3.05) is 0 Å². The molecule has 0 atom stereocenters. The Morgan fingerprint density at radius 2 is 1.78 bits per heavy atom. The van der Waals surface area contributed by atoms with E-state index < -0.39 is 0 Å². The second kappa shape index (κ2) is 7.56. The van der Waals surface area contributed by atoms with Gasteiger partial charge in [0, 0.05) is 12.1 Å². The van der Waals surface area contributed by atoms with Crippen LogP contribution in [0.2, 0.25) is 0 Å². The first-order valence-corrected chi connectivity index (χ1v) is 6.76. The van der Waals surface area contributed by atoms with Crippen molar-refractivity contribution >= 4 is 18.3 Å². The van der Waals surface area contributed by atoms with Crippen molar-refractivity contribution < 1.29 is 13.6 Å². The van der Waals surface area contributed by atoms with Crippen LogP contribution in [0.25, 0.3) is 11.5 Å². The predicted molar refractivity (Wildman–Crippen MR) is 86.8 cm³/mol. The number of oxazole rings is 1. The maximum absolute atomic E-state index is 12.8. The van der Waals surface area contributed by atoms with Gasteiger partial charge >= 0.3 is 0 Å². The van der Waals surface area contributed by atoms with E-state index in [-0.39, 0.29) is 29.8 Å². The fourth-order valence-electron chi connectivity index (χ4n) is 1.97. The molecular formula is C17H14ClFN2O2. The number of rotatable bonds is 4. The van der Waals surface area contributed by atoms with Crippen molar-refractivity contribution in [3.05, 3.63) is 77.9 Å². The summed E-state index contributed by atoms with van der Waals surface area (Å²) in [6.07, 6.45) is 1.32. The highest BCUT2D eigenvalue weighted by molar-refractivity contribution is 5.92. The number of nitrogens with one attached hydrogen (secondary N) is 1. The third kappa shape index (κ3) is 4.17. The van der Waals surface area contributed by atoms with Crippen molar-refractivity contribution in [2.45, 2.75) is 6.54 Å². The monoisotopic (exact) mass is 332 g/mol.